The number of nitrogens with zero attached hydrogens (tertiary/aromatic N) is 1. The number of fused-ring (bicyclic) bond motifs is 1. The summed E-state index contributed by atoms with van der Waals surface area (Å²) in [5, 5.41) is 0. The quantitative estimate of drug-likeness (QED) is 0.705. The summed E-state index contributed by atoms with van der Waals surface area (Å²) in [6, 6.07) is 18.1. The lowest BCUT2D eigenvalue weighted by Gasteiger charge is -2.19. The van der Waals surface area contributed by atoms with Crippen molar-refractivity contribution in [1.82, 2.24) is 0 Å². The van der Waals surface area contributed by atoms with Crippen LogP contribution < -0.4 is 4.31 Å². The van der Waals surface area contributed by atoms with Crippen molar-refractivity contribution in [2.45, 2.75) is 11.8 Å². The zero-order valence-corrected chi connectivity index (χ0v) is 14.5. The third kappa shape index (κ3) is 2.76. The number of sulfonamides is 1. The van der Waals surface area contributed by atoms with E-state index in [1.54, 1.807) is 18.4 Å². The molecular formula is C20H17NO3S. The molecule has 25 heavy (non-hydrogen) atoms. The van der Waals surface area contributed by atoms with E-state index in [0.717, 1.165) is 16.7 Å². The molecule has 0 saturated heterocycles. The van der Waals surface area contributed by atoms with E-state index < -0.39 is 10.0 Å². The molecule has 1 aromatic heterocycles. The average molecular weight is 351 g/mol. The van der Waals surface area contributed by atoms with E-state index in [1.807, 2.05) is 61.5 Å². The average Bonchev–Trinajstić information content (AvgIpc) is 3.24. The van der Waals surface area contributed by atoms with Crippen molar-refractivity contribution in [3.63, 3.8) is 0 Å². The van der Waals surface area contributed by atoms with Gasteiger partial charge < -0.3 is 4.42 Å². The summed E-state index contributed by atoms with van der Waals surface area (Å²) in [5.74, 6) is 0.708. The maximum Gasteiger partial charge on any atom is 0.264 e. The first-order valence-electron chi connectivity index (χ1n) is 7.98. The first kappa shape index (κ1) is 15.7. The molecular weight excluding hydrogens is 334 g/mol. The molecule has 0 amide bonds. The SMILES string of the molecule is Cc1ccc(S(=O)(=O)N2C/C(=C/c3ccco3)c3ccccc32)cc1. The van der Waals surface area contributed by atoms with Gasteiger partial charge in [0, 0.05) is 5.56 Å². The Balaban J connectivity index is 1.80. The van der Waals surface area contributed by atoms with Crippen molar-refractivity contribution in [2.75, 3.05) is 10.8 Å². The lowest BCUT2D eigenvalue weighted by molar-refractivity contribution is 0.557. The van der Waals surface area contributed by atoms with Crippen molar-refractivity contribution >= 4 is 27.4 Å². The van der Waals surface area contributed by atoms with Gasteiger partial charge >= 0.3 is 0 Å². The van der Waals surface area contributed by atoms with Crippen LogP contribution in [0.15, 0.2) is 76.2 Å². The van der Waals surface area contributed by atoms with Crippen LogP contribution in [-0.2, 0) is 10.0 Å². The van der Waals surface area contributed by atoms with Crippen LogP contribution >= 0.6 is 0 Å². The van der Waals surface area contributed by atoms with Gasteiger partial charge in [0.15, 0.2) is 0 Å². The summed E-state index contributed by atoms with van der Waals surface area (Å²) in [6.45, 7) is 2.22. The summed E-state index contributed by atoms with van der Waals surface area (Å²) in [6.07, 6.45) is 3.50. The second kappa shape index (κ2) is 5.93. The number of rotatable bonds is 3. The molecule has 0 radical (unpaired) electrons. The Morgan fingerprint density at radius 1 is 1.00 bits per heavy atom. The molecule has 0 spiro atoms. The minimum absolute atomic E-state index is 0.288. The van der Waals surface area contributed by atoms with E-state index in [1.165, 1.54) is 4.31 Å². The predicted octanol–water partition coefficient (Wildman–Crippen LogP) is 4.34. The fourth-order valence-corrected chi connectivity index (χ4v) is 4.47. The van der Waals surface area contributed by atoms with E-state index in [-0.39, 0.29) is 6.54 Å². The molecule has 0 bridgehead atoms. The molecule has 126 valence electrons. The van der Waals surface area contributed by atoms with Crippen molar-refractivity contribution < 1.29 is 12.8 Å². The first-order valence-corrected chi connectivity index (χ1v) is 9.42. The van der Waals surface area contributed by atoms with Crippen LogP contribution in [0.3, 0.4) is 0 Å². The number of hydrogen-bond donors (Lipinski definition) is 0. The summed E-state index contributed by atoms with van der Waals surface area (Å²) in [5.41, 5.74) is 3.55. The molecule has 1 aliphatic rings. The first-order chi connectivity index (χ1) is 12.1. The zero-order chi connectivity index (χ0) is 17.4. The highest BCUT2D eigenvalue weighted by Crippen LogP contribution is 2.39. The molecule has 5 heteroatoms. The molecule has 0 aliphatic carbocycles. The highest BCUT2D eigenvalue weighted by atomic mass is 32.2. The van der Waals surface area contributed by atoms with Gasteiger partial charge in [-0.05, 0) is 48.9 Å². The molecule has 3 aromatic rings. The number of anilines is 1. The van der Waals surface area contributed by atoms with E-state index in [0.29, 0.717) is 16.3 Å². The van der Waals surface area contributed by atoms with Gasteiger partial charge in [-0.2, -0.15) is 0 Å². The van der Waals surface area contributed by atoms with Crippen LogP contribution in [0.2, 0.25) is 0 Å². The minimum Gasteiger partial charge on any atom is -0.465 e. The van der Waals surface area contributed by atoms with Gasteiger partial charge in [-0.3, -0.25) is 4.31 Å². The highest BCUT2D eigenvalue weighted by molar-refractivity contribution is 7.92. The summed E-state index contributed by atoms with van der Waals surface area (Å²) < 4.78 is 33.1. The minimum atomic E-state index is -3.62. The lowest BCUT2D eigenvalue weighted by Crippen LogP contribution is -2.28. The molecule has 4 rings (SSSR count). The van der Waals surface area contributed by atoms with Gasteiger partial charge in [0.2, 0.25) is 0 Å². The van der Waals surface area contributed by atoms with Crippen LogP contribution in [0.25, 0.3) is 11.6 Å². The Hall–Kier alpha value is -2.79. The van der Waals surface area contributed by atoms with Crippen LogP contribution in [0.1, 0.15) is 16.9 Å². The van der Waals surface area contributed by atoms with Crippen LogP contribution in [0, 0.1) is 6.92 Å². The normalized spacial score (nSPS) is 15.6. The number of para-hydroxylation sites is 1. The number of benzene rings is 2. The topological polar surface area (TPSA) is 50.5 Å². The zero-order valence-electron chi connectivity index (χ0n) is 13.7. The Bertz CT molecular complexity index is 1030. The molecule has 2 aromatic carbocycles. The standard InChI is InChI=1S/C20H17NO3S/c1-15-8-10-18(11-9-15)25(22,23)21-14-16(13-17-5-4-12-24-17)19-6-2-3-7-20(19)21/h2-13H,14H2,1H3/b16-13-. The van der Waals surface area contributed by atoms with Gasteiger partial charge in [0.25, 0.3) is 10.0 Å². The van der Waals surface area contributed by atoms with E-state index in [2.05, 4.69) is 0 Å². The Morgan fingerprint density at radius 3 is 2.48 bits per heavy atom. The molecule has 0 N–H and O–H groups in total. The monoisotopic (exact) mass is 351 g/mol. The van der Waals surface area contributed by atoms with Crippen molar-refractivity contribution in [2.24, 2.45) is 0 Å². The Labute approximate surface area is 147 Å². The molecule has 2 heterocycles. The van der Waals surface area contributed by atoms with Crippen molar-refractivity contribution in [1.29, 1.82) is 0 Å². The molecule has 0 atom stereocenters. The number of hydrogen-bond acceptors (Lipinski definition) is 3. The summed E-state index contributed by atoms with van der Waals surface area (Å²) >= 11 is 0. The fourth-order valence-electron chi connectivity index (χ4n) is 3.01. The predicted molar refractivity (Wildman–Crippen MR) is 98.7 cm³/mol. The van der Waals surface area contributed by atoms with Crippen LogP contribution in [0.4, 0.5) is 5.69 Å². The molecule has 0 fully saturated rings. The number of furan rings is 1. The fraction of sp³-hybridized carbons (Fsp3) is 0.100. The smallest absolute Gasteiger partial charge is 0.264 e. The maximum absolute atomic E-state index is 13.1. The third-order valence-electron chi connectivity index (χ3n) is 4.30. The number of aryl methyl sites for hydroxylation is 1. The summed E-state index contributed by atoms with van der Waals surface area (Å²) in [4.78, 5) is 0.298. The van der Waals surface area contributed by atoms with Crippen molar-refractivity contribution in [3.8, 4) is 0 Å². The van der Waals surface area contributed by atoms with E-state index >= 15 is 0 Å². The van der Waals surface area contributed by atoms with Crippen LogP contribution in [-0.4, -0.2) is 15.0 Å². The van der Waals surface area contributed by atoms with Gasteiger partial charge in [-0.25, -0.2) is 8.42 Å². The molecule has 0 unspecified atom stereocenters. The Morgan fingerprint density at radius 2 is 1.76 bits per heavy atom. The molecule has 1 aliphatic heterocycles. The van der Waals surface area contributed by atoms with Gasteiger partial charge in [-0.1, -0.05) is 35.9 Å². The van der Waals surface area contributed by atoms with Crippen LogP contribution in [0.5, 0.6) is 0 Å². The van der Waals surface area contributed by atoms with Gasteiger partial charge in [0.1, 0.15) is 5.76 Å². The van der Waals surface area contributed by atoms with E-state index in [4.69, 9.17) is 4.42 Å². The largest absolute Gasteiger partial charge is 0.465 e. The maximum atomic E-state index is 13.1. The molecule has 4 nitrogen and oxygen atoms in total. The third-order valence-corrected chi connectivity index (χ3v) is 6.08. The lowest BCUT2D eigenvalue weighted by atomic mass is 10.1. The van der Waals surface area contributed by atoms with Crippen molar-refractivity contribution in [3.05, 3.63) is 83.8 Å². The van der Waals surface area contributed by atoms with Gasteiger partial charge in [0.05, 0.1) is 23.4 Å². The summed E-state index contributed by atoms with van der Waals surface area (Å²) in [7, 11) is -3.62. The van der Waals surface area contributed by atoms with Gasteiger partial charge in [-0.15, -0.1) is 0 Å². The molecule has 0 saturated carbocycles. The highest BCUT2D eigenvalue weighted by Gasteiger charge is 2.33. The Kier molecular flexibility index (Phi) is 3.73. The van der Waals surface area contributed by atoms with E-state index in [9.17, 15) is 8.42 Å². The second-order valence-electron chi connectivity index (χ2n) is 6.03. The second-order valence-corrected chi connectivity index (χ2v) is 7.89.